The molecule has 0 aromatic carbocycles. The van der Waals surface area contributed by atoms with Gasteiger partial charge in [-0.05, 0) is 30.7 Å². The molecule has 0 radical (unpaired) electrons. The molecule has 1 saturated carbocycles. The van der Waals surface area contributed by atoms with Crippen molar-refractivity contribution in [2.24, 2.45) is 0 Å². The highest BCUT2D eigenvalue weighted by molar-refractivity contribution is 7.10. The second-order valence-corrected chi connectivity index (χ2v) is 6.53. The van der Waals surface area contributed by atoms with E-state index in [4.69, 9.17) is 0 Å². The third-order valence-corrected chi connectivity index (χ3v) is 4.97. The minimum Gasteiger partial charge on any atom is -0.480 e. The van der Waals surface area contributed by atoms with E-state index in [1.54, 1.807) is 11.3 Å². The lowest BCUT2D eigenvalue weighted by atomic mass is 9.98. The van der Waals surface area contributed by atoms with Gasteiger partial charge in [0.05, 0.1) is 6.04 Å². The maximum Gasteiger partial charge on any atom is 0.329 e. The molecule has 1 atom stereocenters. The number of carboxylic acid groups (broad SMARTS) is 1. The van der Waals surface area contributed by atoms with Gasteiger partial charge in [0.15, 0.2) is 0 Å². The molecular weight excluding hydrogens is 288 g/mol. The zero-order chi connectivity index (χ0) is 15.3. The van der Waals surface area contributed by atoms with Crippen LogP contribution in [0.25, 0.3) is 0 Å². The number of carboxylic acids is 1. The summed E-state index contributed by atoms with van der Waals surface area (Å²) >= 11 is 1.60. The van der Waals surface area contributed by atoms with Crippen molar-refractivity contribution >= 4 is 23.3 Å². The first-order chi connectivity index (χ1) is 10.1. The molecule has 6 heteroatoms. The number of hydrogen-bond acceptors (Lipinski definition) is 3. The fourth-order valence-electron chi connectivity index (χ4n) is 2.85. The summed E-state index contributed by atoms with van der Waals surface area (Å²) in [6.45, 7) is 2.07. The van der Waals surface area contributed by atoms with Crippen LogP contribution in [0.1, 0.15) is 56.4 Å². The first-order valence-electron chi connectivity index (χ1n) is 7.43. The largest absolute Gasteiger partial charge is 0.480 e. The van der Waals surface area contributed by atoms with Gasteiger partial charge in [0.1, 0.15) is 5.54 Å². The molecule has 2 amide bonds. The number of carbonyl (C=O) groups excluding carboxylic acids is 1. The summed E-state index contributed by atoms with van der Waals surface area (Å²) in [4.78, 5) is 24.8. The maximum atomic E-state index is 12.2. The van der Waals surface area contributed by atoms with Crippen LogP contribution in [0.3, 0.4) is 0 Å². The fraction of sp³-hybridized carbons (Fsp3) is 0.600. The third-order valence-electron chi connectivity index (χ3n) is 3.99. The number of hydrogen-bond donors (Lipinski definition) is 3. The number of rotatable bonds is 6. The van der Waals surface area contributed by atoms with E-state index < -0.39 is 11.5 Å². The first-order valence-corrected chi connectivity index (χ1v) is 8.31. The van der Waals surface area contributed by atoms with Gasteiger partial charge in [-0.2, -0.15) is 0 Å². The predicted molar refractivity (Wildman–Crippen MR) is 82.5 cm³/mol. The average Bonchev–Trinajstić information content (AvgIpc) is 3.09. The highest BCUT2D eigenvalue weighted by Crippen LogP contribution is 2.30. The van der Waals surface area contributed by atoms with Crippen LogP contribution >= 0.6 is 11.3 Å². The Morgan fingerprint density at radius 1 is 1.43 bits per heavy atom. The molecule has 2 rings (SSSR count). The molecule has 21 heavy (non-hydrogen) atoms. The van der Waals surface area contributed by atoms with Crippen LogP contribution in [-0.2, 0) is 4.79 Å². The number of nitrogens with one attached hydrogen (secondary N) is 2. The lowest BCUT2D eigenvalue weighted by Crippen LogP contribution is -2.55. The van der Waals surface area contributed by atoms with E-state index >= 15 is 0 Å². The number of urea groups is 1. The Bertz CT molecular complexity index is 481. The smallest absolute Gasteiger partial charge is 0.329 e. The Morgan fingerprint density at radius 2 is 2.14 bits per heavy atom. The van der Waals surface area contributed by atoms with Crippen LogP contribution in [0.4, 0.5) is 4.79 Å². The van der Waals surface area contributed by atoms with Crippen LogP contribution in [0.5, 0.6) is 0 Å². The molecule has 1 unspecified atom stereocenters. The van der Waals surface area contributed by atoms with Gasteiger partial charge >= 0.3 is 12.0 Å². The summed E-state index contributed by atoms with van der Waals surface area (Å²) in [6.07, 6.45) is 4.49. The lowest BCUT2D eigenvalue weighted by Gasteiger charge is -2.27. The number of aliphatic carboxylic acids is 1. The summed E-state index contributed by atoms with van der Waals surface area (Å²) in [5.41, 5.74) is -1.09. The van der Waals surface area contributed by atoms with E-state index in [0.29, 0.717) is 12.8 Å². The SMILES string of the molecule is CCCC(NC(=O)NC1(C(=O)O)CCCC1)c1cccs1. The molecule has 0 saturated heterocycles. The molecule has 1 aliphatic rings. The van der Waals surface area contributed by atoms with E-state index in [1.165, 1.54) is 0 Å². The van der Waals surface area contributed by atoms with Crippen molar-refractivity contribution in [1.82, 2.24) is 10.6 Å². The van der Waals surface area contributed by atoms with E-state index in [2.05, 4.69) is 17.6 Å². The van der Waals surface area contributed by atoms with Crippen molar-refractivity contribution in [3.63, 3.8) is 0 Å². The standard InChI is InChI=1S/C15H22N2O3S/c1-2-6-11(12-7-5-10-21-12)16-14(20)17-15(13(18)19)8-3-4-9-15/h5,7,10-11H,2-4,6,8-9H2,1H3,(H,18,19)(H2,16,17,20). The van der Waals surface area contributed by atoms with E-state index in [0.717, 1.165) is 30.6 Å². The van der Waals surface area contributed by atoms with Crippen LogP contribution in [-0.4, -0.2) is 22.6 Å². The zero-order valence-electron chi connectivity index (χ0n) is 12.2. The molecular formula is C15H22N2O3S. The summed E-state index contributed by atoms with van der Waals surface area (Å²) in [5, 5.41) is 17.0. The number of thiophene rings is 1. The molecule has 0 bridgehead atoms. The minimum absolute atomic E-state index is 0.0535. The van der Waals surface area contributed by atoms with Crippen LogP contribution < -0.4 is 10.6 Å². The maximum absolute atomic E-state index is 12.2. The lowest BCUT2D eigenvalue weighted by molar-refractivity contribution is -0.144. The Kier molecular flexibility index (Phi) is 5.22. The van der Waals surface area contributed by atoms with Crippen molar-refractivity contribution in [1.29, 1.82) is 0 Å². The zero-order valence-corrected chi connectivity index (χ0v) is 13.0. The Morgan fingerprint density at radius 3 is 2.67 bits per heavy atom. The Labute approximate surface area is 128 Å². The summed E-state index contributed by atoms with van der Waals surface area (Å²) in [6, 6.07) is 3.51. The minimum atomic E-state index is -1.09. The molecule has 0 aliphatic heterocycles. The van der Waals surface area contributed by atoms with Gasteiger partial charge in [0, 0.05) is 4.88 Å². The van der Waals surface area contributed by atoms with Crippen LogP contribution in [0, 0.1) is 0 Å². The fourth-order valence-corrected chi connectivity index (χ4v) is 3.66. The monoisotopic (exact) mass is 310 g/mol. The van der Waals surface area contributed by atoms with E-state index in [1.807, 2.05) is 17.5 Å². The van der Waals surface area contributed by atoms with Crippen LogP contribution in [0.15, 0.2) is 17.5 Å². The van der Waals surface area contributed by atoms with Crippen molar-refractivity contribution in [2.75, 3.05) is 0 Å². The molecule has 0 spiro atoms. The molecule has 5 nitrogen and oxygen atoms in total. The molecule has 1 aromatic rings. The van der Waals surface area contributed by atoms with Gasteiger partial charge in [-0.25, -0.2) is 9.59 Å². The second-order valence-electron chi connectivity index (χ2n) is 5.55. The highest BCUT2D eigenvalue weighted by atomic mass is 32.1. The second kappa shape index (κ2) is 6.93. The summed E-state index contributed by atoms with van der Waals surface area (Å²) in [7, 11) is 0. The number of carbonyl (C=O) groups is 2. The number of amides is 2. The average molecular weight is 310 g/mol. The predicted octanol–water partition coefficient (Wildman–Crippen LogP) is 3.29. The van der Waals surface area contributed by atoms with Crippen molar-refractivity contribution in [3.05, 3.63) is 22.4 Å². The molecule has 1 fully saturated rings. The summed E-state index contributed by atoms with van der Waals surface area (Å²) in [5.74, 6) is -0.932. The molecule has 116 valence electrons. The van der Waals surface area contributed by atoms with Gasteiger partial charge in [0.2, 0.25) is 0 Å². The summed E-state index contributed by atoms with van der Waals surface area (Å²) < 4.78 is 0. The van der Waals surface area contributed by atoms with E-state index in [9.17, 15) is 14.7 Å². The Balaban J connectivity index is 2.00. The van der Waals surface area contributed by atoms with Gasteiger partial charge in [-0.15, -0.1) is 11.3 Å². The molecule has 1 heterocycles. The first kappa shape index (κ1) is 15.8. The molecule has 1 aromatic heterocycles. The van der Waals surface area contributed by atoms with Gasteiger partial charge in [0.25, 0.3) is 0 Å². The quantitative estimate of drug-likeness (QED) is 0.754. The van der Waals surface area contributed by atoms with E-state index in [-0.39, 0.29) is 12.1 Å². The molecule has 1 aliphatic carbocycles. The topological polar surface area (TPSA) is 78.4 Å². The Hall–Kier alpha value is -1.56. The van der Waals surface area contributed by atoms with Gasteiger partial charge in [-0.1, -0.05) is 32.3 Å². The van der Waals surface area contributed by atoms with Gasteiger partial charge in [-0.3, -0.25) is 0 Å². The van der Waals surface area contributed by atoms with Crippen molar-refractivity contribution in [3.8, 4) is 0 Å². The molecule has 3 N–H and O–H groups in total. The normalized spacial score (nSPS) is 18.1. The van der Waals surface area contributed by atoms with Gasteiger partial charge < -0.3 is 15.7 Å². The van der Waals surface area contributed by atoms with Crippen molar-refractivity contribution < 1.29 is 14.7 Å². The third kappa shape index (κ3) is 3.75. The van der Waals surface area contributed by atoms with Crippen molar-refractivity contribution in [2.45, 2.75) is 57.0 Å². The highest BCUT2D eigenvalue weighted by Gasteiger charge is 2.42. The van der Waals surface area contributed by atoms with Crippen LogP contribution in [0.2, 0.25) is 0 Å².